The molecule has 1 aromatic heterocycles. The SMILES string of the molecule is C=CCn1c(CCNC)nc2cc(F)ccc21. The van der Waals surface area contributed by atoms with Crippen molar-refractivity contribution < 1.29 is 4.39 Å². The minimum atomic E-state index is -0.249. The quantitative estimate of drug-likeness (QED) is 0.802. The minimum Gasteiger partial charge on any atom is -0.324 e. The number of nitrogens with zero attached hydrogens (tertiary/aromatic N) is 2. The predicted molar refractivity (Wildman–Crippen MR) is 67.5 cm³/mol. The Hall–Kier alpha value is -1.68. The summed E-state index contributed by atoms with van der Waals surface area (Å²) in [5, 5.41) is 3.09. The smallest absolute Gasteiger partial charge is 0.125 e. The molecule has 1 N–H and O–H groups in total. The third kappa shape index (κ3) is 2.36. The van der Waals surface area contributed by atoms with Crippen LogP contribution < -0.4 is 5.32 Å². The van der Waals surface area contributed by atoms with Crippen LogP contribution in [0, 0.1) is 5.82 Å². The fourth-order valence-electron chi connectivity index (χ4n) is 1.91. The van der Waals surface area contributed by atoms with Crippen LogP contribution in [0.15, 0.2) is 30.9 Å². The van der Waals surface area contributed by atoms with Gasteiger partial charge in [-0.1, -0.05) is 6.08 Å². The fourth-order valence-corrected chi connectivity index (χ4v) is 1.91. The molecule has 1 aromatic carbocycles. The molecule has 17 heavy (non-hydrogen) atoms. The Labute approximate surface area is 100.0 Å². The average Bonchev–Trinajstić information content (AvgIpc) is 2.64. The number of rotatable bonds is 5. The van der Waals surface area contributed by atoms with Gasteiger partial charge in [-0.3, -0.25) is 0 Å². The van der Waals surface area contributed by atoms with Crippen LogP contribution in [0.2, 0.25) is 0 Å². The predicted octanol–water partition coefficient (Wildman–Crippen LogP) is 2.12. The van der Waals surface area contributed by atoms with Gasteiger partial charge in [0, 0.05) is 25.6 Å². The summed E-state index contributed by atoms with van der Waals surface area (Å²) < 4.78 is 15.2. The minimum absolute atomic E-state index is 0.249. The third-order valence-corrected chi connectivity index (χ3v) is 2.70. The molecular formula is C13H16FN3. The molecule has 2 rings (SSSR count). The largest absolute Gasteiger partial charge is 0.324 e. The van der Waals surface area contributed by atoms with Gasteiger partial charge in [-0.25, -0.2) is 9.37 Å². The Morgan fingerprint density at radius 1 is 1.53 bits per heavy atom. The van der Waals surface area contributed by atoms with Crippen LogP contribution in [0.1, 0.15) is 5.82 Å². The molecular weight excluding hydrogens is 217 g/mol. The van der Waals surface area contributed by atoms with Crippen molar-refractivity contribution in [2.24, 2.45) is 0 Å². The molecule has 0 saturated carbocycles. The van der Waals surface area contributed by atoms with E-state index in [0.29, 0.717) is 12.1 Å². The topological polar surface area (TPSA) is 29.9 Å². The molecule has 0 fully saturated rings. The van der Waals surface area contributed by atoms with E-state index >= 15 is 0 Å². The molecule has 90 valence electrons. The highest BCUT2D eigenvalue weighted by Crippen LogP contribution is 2.18. The van der Waals surface area contributed by atoms with E-state index in [-0.39, 0.29) is 5.82 Å². The number of fused-ring (bicyclic) bond motifs is 1. The van der Waals surface area contributed by atoms with Gasteiger partial charge in [-0.15, -0.1) is 6.58 Å². The molecule has 1 heterocycles. The molecule has 0 unspecified atom stereocenters. The molecule has 4 heteroatoms. The molecule has 2 aromatic rings. The Kier molecular flexibility index (Phi) is 3.54. The number of hydrogen-bond donors (Lipinski definition) is 1. The van der Waals surface area contributed by atoms with Crippen LogP contribution in [-0.2, 0) is 13.0 Å². The first-order chi connectivity index (χ1) is 8.26. The van der Waals surface area contributed by atoms with E-state index in [9.17, 15) is 4.39 Å². The maximum atomic E-state index is 13.1. The van der Waals surface area contributed by atoms with Gasteiger partial charge in [0.2, 0.25) is 0 Å². The van der Waals surface area contributed by atoms with Crippen molar-refractivity contribution in [3.63, 3.8) is 0 Å². The molecule has 0 aliphatic heterocycles. The van der Waals surface area contributed by atoms with Gasteiger partial charge in [0.15, 0.2) is 0 Å². The van der Waals surface area contributed by atoms with Gasteiger partial charge in [0.05, 0.1) is 11.0 Å². The van der Waals surface area contributed by atoms with E-state index in [0.717, 1.165) is 24.3 Å². The van der Waals surface area contributed by atoms with Crippen molar-refractivity contribution in [2.45, 2.75) is 13.0 Å². The van der Waals surface area contributed by atoms with Gasteiger partial charge in [0.25, 0.3) is 0 Å². The second kappa shape index (κ2) is 5.10. The number of aromatic nitrogens is 2. The maximum Gasteiger partial charge on any atom is 0.125 e. The highest BCUT2D eigenvalue weighted by atomic mass is 19.1. The van der Waals surface area contributed by atoms with Crippen molar-refractivity contribution in [3.05, 3.63) is 42.5 Å². The van der Waals surface area contributed by atoms with E-state index in [2.05, 4.69) is 21.4 Å². The summed E-state index contributed by atoms with van der Waals surface area (Å²) in [4.78, 5) is 4.46. The highest BCUT2D eigenvalue weighted by molar-refractivity contribution is 5.76. The summed E-state index contributed by atoms with van der Waals surface area (Å²) in [6, 6.07) is 4.70. The first kappa shape index (κ1) is 11.8. The molecule has 0 aliphatic rings. The Morgan fingerprint density at radius 2 is 2.35 bits per heavy atom. The first-order valence-electron chi connectivity index (χ1n) is 5.66. The van der Waals surface area contributed by atoms with Gasteiger partial charge >= 0.3 is 0 Å². The van der Waals surface area contributed by atoms with Crippen LogP contribution in [-0.4, -0.2) is 23.1 Å². The normalized spacial score (nSPS) is 10.9. The van der Waals surface area contributed by atoms with Gasteiger partial charge in [-0.2, -0.15) is 0 Å². The number of nitrogens with one attached hydrogen (secondary N) is 1. The van der Waals surface area contributed by atoms with Crippen molar-refractivity contribution >= 4 is 11.0 Å². The molecule has 0 aliphatic carbocycles. The summed E-state index contributed by atoms with van der Waals surface area (Å²) in [7, 11) is 1.90. The Morgan fingerprint density at radius 3 is 3.06 bits per heavy atom. The van der Waals surface area contributed by atoms with Crippen LogP contribution in [0.4, 0.5) is 4.39 Å². The monoisotopic (exact) mass is 233 g/mol. The zero-order valence-corrected chi connectivity index (χ0v) is 9.91. The number of hydrogen-bond acceptors (Lipinski definition) is 2. The lowest BCUT2D eigenvalue weighted by molar-refractivity contribution is 0.629. The molecule has 3 nitrogen and oxygen atoms in total. The second-order valence-electron chi connectivity index (χ2n) is 3.91. The summed E-state index contributed by atoms with van der Waals surface area (Å²) in [5.41, 5.74) is 1.66. The lowest BCUT2D eigenvalue weighted by Crippen LogP contribution is -2.13. The Bertz CT molecular complexity index is 531. The summed E-state index contributed by atoms with van der Waals surface area (Å²) >= 11 is 0. The number of imidazole rings is 1. The molecule has 0 amide bonds. The van der Waals surface area contributed by atoms with Gasteiger partial charge in [-0.05, 0) is 19.2 Å². The second-order valence-corrected chi connectivity index (χ2v) is 3.91. The molecule has 0 bridgehead atoms. The van der Waals surface area contributed by atoms with E-state index in [1.807, 2.05) is 13.1 Å². The maximum absolute atomic E-state index is 13.1. The third-order valence-electron chi connectivity index (χ3n) is 2.70. The van der Waals surface area contributed by atoms with Crippen LogP contribution in [0.3, 0.4) is 0 Å². The summed E-state index contributed by atoms with van der Waals surface area (Å²) in [5.74, 6) is 0.709. The average molecular weight is 233 g/mol. The van der Waals surface area contributed by atoms with E-state index in [4.69, 9.17) is 0 Å². The Balaban J connectivity index is 2.49. The standard InChI is InChI=1S/C13H16FN3/c1-3-8-17-12-5-4-10(14)9-11(12)16-13(17)6-7-15-2/h3-5,9,15H,1,6-8H2,2H3. The zero-order valence-electron chi connectivity index (χ0n) is 9.91. The van der Waals surface area contributed by atoms with Crippen LogP contribution >= 0.6 is 0 Å². The number of halogens is 1. The van der Waals surface area contributed by atoms with Gasteiger partial charge in [0.1, 0.15) is 11.6 Å². The summed E-state index contributed by atoms with van der Waals surface area (Å²) in [6.07, 6.45) is 2.65. The zero-order chi connectivity index (χ0) is 12.3. The fraction of sp³-hybridized carbons (Fsp3) is 0.308. The number of likely N-dealkylation sites (N-methyl/N-ethyl adjacent to an activating group) is 1. The van der Waals surface area contributed by atoms with E-state index in [1.54, 1.807) is 6.07 Å². The number of benzene rings is 1. The highest BCUT2D eigenvalue weighted by Gasteiger charge is 2.09. The lowest BCUT2D eigenvalue weighted by atomic mass is 10.3. The summed E-state index contributed by atoms with van der Waals surface area (Å²) in [6.45, 7) is 5.29. The van der Waals surface area contributed by atoms with Crippen molar-refractivity contribution in [1.82, 2.24) is 14.9 Å². The molecule has 0 saturated heterocycles. The van der Waals surface area contributed by atoms with Crippen LogP contribution in [0.25, 0.3) is 11.0 Å². The van der Waals surface area contributed by atoms with Crippen molar-refractivity contribution in [3.8, 4) is 0 Å². The van der Waals surface area contributed by atoms with Crippen molar-refractivity contribution in [2.75, 3.05) is 13.6 Å². The number of allylic oxidation sites excluding steroid dienone is 1. The van der Waals surface area contributed by atoms with Crippen LogP contribution in [0.5, 0.6) is 0 Å². The van der Waals surface area contributed by atoms with Gasteiger partial charge < -0.3 is 9.88 Å². The molecule has 0 radical (unpaired) electrons. The molecule has 0 atom stereocenters. The first-order valence-corrected chi connectivity index (χ1v) is 5.66. The molecule has 0 spiro atoms. The van der Waals surface area contributed by atoms with Crippen molar-refractivity contribution in [1.29, 1.82) is 0 Å². The van der Waals surface area contributed by atoms with E-state index < -0.39 is 0 Å². The lowest BCUT2D eigenvalue weighted by Gasteiger charge is -2.05. The van der Waals surface area contributed by atoms with E-state index in [1.165, 1.54) is 12.1 Å².